The molecule has 1 aliphatic heterocycles. The number of urea groups is 1. The molecule has 0 saturated carbocycles. The average molecular weight is 428 g/mol. The van der Waals surface area contributed by atoms with Gasteiger partial charge in [-0.25, -0.2) is 9.18 Å². The lowest BCUT2D eigenvalue weighted by atomic mass is 10.0. The smallest absolute Gasteiger partial charge is 0.323 e. The second-order valence-electron chi connectivity index (χ2n) is 7.97. The number of carbonyl (C=O) groups excluding carboxylic acids is 2. The standard InChI is InChI=1S/C23H30FN5O2/c1-4-22(30)28(3)19-6-5-11-29(15-19)14-17-8-10-20(24)21(12-17)27-23(31)26-18-9-7-16(2)25-13-18/h7-10,12-13,19H,4-6,11,14-15H2,1-3H3,(H2,26,27,31)/t19-/m0/s1. The number of hydrogen-bond acceptors (Lipinski definition) is 4. The fourth-order valence-corrected chi connectivity index (χ4v) is 3.80. The van der Waals surface area contributed by atoms with Crippen LogP contribution in [0.5, 0.6) is 0 Å². The number of nitrogens with one attached hydrogen (secondary N) is 2. The molecule has 0 unspecified atom stereocenters. The van der Waals surface area contributed by atoms with Crippen molar-refractivity contribution in [3.8, 4) is 0 Å². The maximum atomic E-state index is 14.3. The molecule has 1 fully saturated rings. The second kappa shape index (κ2) is 10.3. The molecule has 0 spiro atoms. The Morgan fingerprint density at radius 2 is 2.06 bits per heavy atom. The molecule has 31 heavy (non-hydrogen) atoms. The first-order valence-corrected chi connectivity index (χ1v) is 10.6. The molecule has 2 aromatic rings. The fraction of sp³-hybridized carbons (Fsp3) is 0.435. The lowest BCUT2D eigenvalue weighted by Crippen LogP contribution is -2.48. The van der Waals surface area contributed by atoms with Gasteiger partial charge < -0.3 is 15.5 Å². The normalized spacial score (nSPS) is 16.6. The predicted molar refractivity (Wildman–Crippen MR) is 119 cm³/mol. The number of benzene rings is 1. The van der Waals surface area contributed by atoms with Crippen LogP contribution in [0.4, 0.5) is 20.6 Å². The van der Waals surface area contributed by atoms with Crippen molar-refractivity contribution in [1.29, 1.82) is 0 Å². The summed E-state index contributed by atoms with van der Waals surface area (Å²) >= 11 is 0. The number of anilines is 2. The van der Waals surface area contributed by atoms with Crippen LogP contribution in [0.1, 0.15) is 37.4 Å². The number of piperidine rings is 1. The van der Waals surface area contributed by atoms with Gasteiger partial charge in [-0.2, -0.15) is 0 Å². The van der Waals surface area contributed by atoms with Crippen LogP contribution >= 0.6 is 0 Å². The first-order chi connectivity index (χ1) is 14.9. The van der Waals surface area contributed by atoms with Gasteiger partial charge in [-0.1, -0.05) is 13.0 Å². The van der Waals surface area contributed by atoms with E-state index in [0.717, 1.165) is 37.2 Å². The van der Waals surface area contributed by atoms with E-state index in [1.807, 2.05) is 25.8 Å². The predicted octanol–water partition coefficient (Wildman–Crippen LogP) is 4.01. The van der Waals surface area contributed by atoms with Gasteiger partial charge in [0.1, 0.15) is 5.82 Å². The molecule has 7 nitrogen and oxygen atoms in total. The molecular formula is C23H30FN5O2. The fourth-order valence-electron chi connectivity index (χ4n) is 3.80. The average Bonchev–Trinajstić information content (AvgIpc) is 2.76. The summed E-state index contributed by atoms with van der Waals surface area (Å²) in [5.74, 6) is -0.347. The summed E-state index contributed by atoms with van der Waals surface area (Å²) < 4.78 is 14.3. The summed E-state index contributed by atoms with van der Waals surface area (Å²) in [5.41, 5.74) is 2.40. The summed E-state index contributed by atoms with van der Waals surface area (Å²) in [6.07, 6.45) is 4.05. The zero-order chi connectivity index (χ0) is 22.4. The summed E-state index contributed by atoms with van der Waals surface area (Å²) in [6.45, 7) is 6.06. The molecule has 0 aliphatic carbocycles. The first-order valence-electron chi connectivity index (χ1n) is 10.6. The van der Waals surface area contributed by atoms with Gasteiger partial charge in [-0.15, -0.1) is 0 Å². The van der Waals surface area contributed by atoms with Gasteiger partial charge in [0.2, 0.25) is 5.91 Å². The van der Waals surface area contributed by atoms with Gasteiger partial charge in [0.15, 0.2) is 0 Å². The van der Waals surface area contributed by atoms with E-state index in [9.17, 15) is 14.0 Å². The lowest BCUT2D eigenvalue weighted by molar-refractivity contribution is -0.132. The minimum absolute atomic E-state index is 0.127. The van der Waals surface area contributed by atoms with E-state index < -0.39 is 11.8 Å². The van der Waals surface area contributed by atoms with Gasteiger partial charge in [0.05, 0.1) is 17.6 Å². The van der Waals surface area contributed by atoms with E-state index in [4.69, 9.17) is 0 Å². The lowest BCUT2D eigenvalue weighted by Gasteiger charge is -2.37. The Labute approximate surface area is 182 Å². The van der Waals surface area contributed by atoms with Crippen LogP contribution in [-0.4, -0.2) is 52.9 Å². The van der Waals surface area contributed by atoms with Crippen LogP contribution in [0.3, 0.4) is 0 Å². The first kappa shape index (κ1) is 22.7. The van der Waals surface area contributed by atoms with Crippen LogP contribution in [0.15, 0.2) is 36.5 Å². The zero-order valence-corrected chi connectivity index (χ0v) is 18.3. The number of carbonyl (C=O) groups is 2. The molecular weight excluding hydrogens is 397 g/mol. The van der Waals surface area contributed by atoms with E-state index in [1.54, 1.807) is 30.5 Å². The Balaban J connectivity index is 1.61. The minimum atomic E-state index is -0.528. The topological polar surface area (TPSA) is 77.6 Å². The number of nitrogens with zero attached hydrogens (tertiary/aromatic N) is 3. The summed E-state index contributed by atoms with van der Waals surface area (Å²) in [7, 11) is 1.86. The molecule has 2 heterocycles. The van der Waals surface area contributed by atoms with Crippen molar-refractivity contribution < 1.29 is 14.0 Å². The van der Waals surface area contributed by atoms with Crippen molar-refractivity contribution in [2.24, 2.45) is 0 Å². The largest absolute Gasteiger partial charge is 0.341 e. The number of amides is 3. The third-order valence-corrected chi connectivity index (χ3v) is 5.58. The van der Waals surface area contributed by atoms with Crippen LogP contribution in [0.25, 0.3) is 0 Å². The molecule has 2 N–H and O–H groups in total. The van der Waals surface area contributed by atoms with Crippen LogP contribution in [0, 0.1) is 12.7 Å². The number of aryl methyl sites for hydroxylation is 1. The van der Waals surface area contributed by atoms with Gasteiger partial charge in [-0.05, 0) is 56.1 Å². The zero-order valence-electron chi connectivity index (χ0n) is 18.3. The number of likely N-dealkylation sites (N-methyl/N-ethyl adjacent to an activating group) is 1. The van der Waals surface area contributed by atoms with Crippen molar-refractivity contribution >= 4 is 23.3 Å². The Hall–Kier alpha value is -3.00. The summed E-state index contributed by atoms with van der Waals surface area (Å²) in [4.78, 5) is 32.5. The van der Waals surface area contributed by atoms with Crippen molar-refractivity contribution in [3.05, 3.63) is 53.6 Å². The molecule has 3 amide bonds. The highest BCUT2D eigenvalue weighted by Gasteiger charge is 2.25. The van der Waals surface area contributed by atoms with Crippen LogP contribution < -0.4 is 10.6 Å². The van der Waals surface area contributed by atoms with E-state index in [2.05, 4.69) is 20.5 Å². The molecule has 3 rings (SSSR count). The van der Waals surface area contributed by atoms with Gasteiger partial charge >= 0.3 is 6.03 Å². The molecule has 166 valence electrons. The third-order valence-electron chi connectivity index (χ3n) is 5.58. The maximum Gasteiger partial charge on any atom is 0.323 e. The molecule has 1 aliphatic rings. The highest BCUT2D eigenvalue weighted by atomic mass is 19.1. The number of likely N-dealkylation sites (tertiary alicyclic amines) is 1. The molecule has 8 heteroatoms. The molecule has 1 saturated heterocycles. The maximum absolute atomic E-state index is 14.3. The van der Waals surface area contributed by atoms with Crippen molar-refractivity contribution in [2.75, 3.05) is 30.8 Å². The van der Waals surface area contributed by atoms with Crippen LogP contribution in [-0.2, 0) is 11.3 Å². The molecule has 1 aromatic carbocycles. The number of pyridine rings is 1. The van der Waals surface area contributed by atoms with E-state index in [-0.39, 0.29) is 17.6 Å². The van der Waals surface area contributed by atoms with Crippen molar-refractivity contribution in [1.82, 2.24) is 14.8 Å². The minimum Gasteiger partial charge on any atom is -0.341 e. The number of rotatable bonds is 6. The van der Waals surface area contributed by atoms with Crippen molar-refractivity contribution in [2.45, 2.75) is 45.7 Å². The van der Waals surface area contributed by atoms with E-state index in [0.29, 0.717) is 18.7 Å². The second-order valence-corrected chi connectivity index (χ2v) is 7.97. The SMILES string of the molecule is CCC(=O)N(C)[C@H]1CCCN(Cc2ccc(F)c(NC(=O)Nc3ccc(C)nc3)c2)C1. The van der Waals surface area contributed by atoms with Gasteiger partial charge in [0.25, 0.3) is 0 Å². The van der Waals surface area contributed by atoms with Gasteiger partial charge in [0, 0.05) is 38.3 Å². The van der Waals surface area contributed by atoms with Gasteiger partial charge in [-0.3, -0.25) is 14.7 Å². The Kier molecular flexibility index (Phi) is 7.57. The van der Waals surface area contributed by atoms with E-state index >= 15 is 0 Å². The highest BCUT2D eigenvalue weighted by molar-refractivity contribution is 5.99. The monoisotopic (exact) mass is 427 g/mol. The third kappa shape index (κ3) is 6.24. The highest BCUT2D eigenvalue weighted by Crippen LogP contribution is 2.21. The number of hydrogen-bond donors (Lipinski definition) is 2. The summed E-state index contributed by atoms with van der Waals surface area (Å²) in [5, 5.41) is 5.23. The summed E-state index contributed by atoms with van der Waals surface area (Å²) in [6, 6.07) is 7.94. The Morgan fingerprint density at radius 3 is 2.77 bits per heavy atom. The Morgan fingerprint density at radius 1 is 1.26 bits per heavy atom. The quantitative estimate of drug-likeness (QED) is 0.730. The van der Waals surface area contributed by atoms with Crippen molar-refractivity contribution in [3.63, 3.8) is 0 Å². The number of halogens is 1. The van der Waals surface area contributed by atoms with E-state index in [1.165, 1.54) is 6.07 Å². The molecule has 0 radical (unpaired) electrons. The van der Waals surface area contributed by atoms with Crippen LogP contribution in [0.2, 0.25) is 0 Å². The molecule has 0 bridgehead atoms. The molecule has 1 atom stereocenters. The number of aromatic nitrogens is 1. The Bertz CT molecular complexity index is 919. The molecule has 1 aromatic heterocycles.